The van der Waals surface area contributed by atoms with Gasteiger partial charge < -0.3 is 15.8 Å². The monoisotopic (exact) mass is 267 g/mol. The van der Waals surface area contributed by atoms with Gasteiger partial charge in [-0.15, -0.1) is 0 Å². The van der Waals surface area contributed by atoms with E-state index in [1.54, 1.807) is 0 Å². The number of imidazole rings is 1. The van der Waals surface area contributed by atoms with Crippen LogP contribution in [0.2, 0.25) is 5.15 Å². The number of halogens is 2. The van der Waals surface area contributed by atoms with Gasteiger partial charge in [-0.25, -0.2) is 4.98 Å². The van der Waals surface area contributed by atoms with E-state index < -0.39 is 12.0 Å². The summed E-state index contributed by atoms with van der Waals surface area (Å²) in [4.78, 5) is 17.0. The Bertz CT molecular complexity index is 328. The maximum Gasteiger partial charge on any atom is 0.320 e. The number of aromatic nitrogens is 2. The number of hydrogen-bond acceptors (Lipinski definition) is 3. The number of carboxylic acid groups (broad SMARTS) is 1. The molecule has 1 atom stereocenters. The van der Waals surface area contributed by atoms with E-state index in [0.717, 1.165) is 0 Å². The van der Waals surface area contributed by atoms with Gasteiger partial charge in [0.2, 0.25) is 0 Å². The molecule has 1 heterocycles. The lowest BCUT2D eigenvalue weighted by molar-refractivity contribution is -0.138. The third-order valence-electron chi connectivity index (χ3n) is 1.44. The number of nitrogens with one attached hydrogen (secondary N) is 1. The predicted molar refractivity (Wildman–Crippen MR) is 50.6 cm³/mol. The Labute approximate surface area is 87.4 Å². The number of aliphatic carboxylic acids is 1. The molecule has 0 fully saturated rings. The Morgan fingerprint density at radius 3 is 2.85 bits per heavy atom. The average molecular weight is 268 g/mol. The van der Waals surface area contributed by atoms with E-state index >= 15 is 0 Å². The summed E-state index contributed by atoms with van der Waals surface area (Å²) in [6.07, 6.45) is 0.132. The van der Waals surface area contributed by atoms with Crippen LogP contribution in [-0.4, -0.2) is 27.1 Å². The zero-order valence-electron chi connectivity index (χ0n) is 6.42. The van der Waals surface area contributed by atoms with E-state index in [2.05, 4.69) is 25.9 Å². The number of aromatic amines is 1. The Morgan fingerprint density at radius 2 is 2.46 bits per heavy atom. The first-order valence-corrected chi connectivity index (χ1v) is 4.56. The average Bonchev–Trinajstić information content (AvgIpc) is 2.30. The molecule has 0 bridgehead atoms. The number of nitrogens with two attached hydrogens (primary N) is 1. The summed E-state index contributed by atoms with van der Waals surface area (Å²) in [6, 6.07) is -0.968. The molecule has 0 spiro atoms. The molecule has 5 nitrogen and oxygen atoms in total. The molecule has 0 saturated carbocycles. The van der Waals surface area contributed by atoms with Crippen molar-refractivity contribution in [1.82, 2.24) is 9.97 Å². The van der Waals surface area contributed by atoms with Gasteiger partial charge in [-0.3, -0.25) is 4.79 Å². The Balaban J connectivity index is 2.74. The zero-order valence-corrected chi connectivity index (χ0v) is 8.76. The molecule has 0 aliphatic heterocycles. The summed E-state index contributed by atoms with van der Waals surface area (Å²) < 4.78 is 0.463. The largest absolute Gasteiger partial charge is 0.480 e. The smallest absolute Gasteiger partial charge is 0.320 e. The van der Waals surface area contributed by atoms with Gasteiger partial charge >= 0.3 is 5.97 Å². The molecule has 1 rings (SSSR count). The number of nitrogens with zero attached hydrogens (tertiary/aromatic N) is 1. The van der Waals surface area contributed by atoms with Gasteiger partial charge in [-0.05, 0) is 15.9 Å². The first-order valence-electron chi connectivity index (χ1n) is 3.39. The van der Waals surface area contributed by atoms with Gasteiger partial charge in [-0.1, -0.05) is 11.6 Å². The highest BCUT2D eigenvalue weighted by atomic mass is 79.9. The Kier molecular flexibility index (Phi) is 3.29. The van der Waals surface area contributed by atoms with Crippen LogP contribution < -0.4 is 5.73 Å². The maximum atomic E-state index is 10.4. The van der Waals surface area contributed by atoms with E-state index in [9.17, 15) is 4.79 Å². The summed E-state index contributed by atoms with van der Waals surface area (Å²) in [5.41, 5.74) is 5.82. The lowest BCUT2D eigenvalue weighted by Gasteiger charge is -2.03. The van der Waals surface area contributed by atoms with Crippen molar-refractivity contribution in [2.45, 2.75) is 12.5 Å². The van der Waals surface area contributed by atoms with Crippen LogP contribution in [0.1, 0.15) is 5.69 Å². The lowest BCUT2D eigenvalue weighted by atomic mass is 10.2. The number of carboxylic acids is 1. The number of carbonyl (C=O) groups is 1. The van der Waals surface area contributed by atoms with Crippen LogP contribution >= 0.6 is 27.5 Å². The topological polar surface area (TPSA) is 92.0 Å². The molecule has 0 aliphatic rings. The number of H-pyrrole nitrogens is 1. The van der Waals surface area contributed by atoms with Crippen LogP contribution in [0.25, 0.3) is 0 Å². The van der Waals surface area contributed by atoms with Crippen LogP contribution in [0.3, 0.4) is 0 Å². The highest BCUT2D eigenvalue weighted by Gasteiger charge is 2.16. The fourth-order valence-corrected chi connectivity index (χ4v) is 1.53. The molecule has 0 aromatic carbocycles. The number of rotatable bonds is 3. The molecular formula is C6H7BrClN3O2. The Morgan fingerprint density at radius 1 is 1.85 bits per heavy atom. The summed E-state index contributed by atoms with van der Waals surface area (Å²) >= 11 is 8.74. The molecule has 0 aliphatic carbocycles. The number of hydrogen-bond donors (Lipinski definition) is 3. The van der Waals surface area contributed by atoms with Gasteiger partial charge in [0, 0.05) is 6.42 Å². The van der Waals surface area contributed by atoms with Crippen molar-refractivity contribution in [3.63, 3.8) is 0 Å². The summed E-state index contributed by atoms with van der Waals surface area (Å²) in [5, 5.41) is 8.77. The van der Waals surface area contributed by atoms with Crippen molar-refractivity contribution in [2.75, 3.05) is 0 Å². The first kappa shape index (κ1) is 10.5. The fourth-order valence-electron chi connectivity index (χ4n) is 0.800. The van der Waals surface area contributed by atoms with Crippen molar-refractivity contribution in [3.05, 3.63) is 15.6 Å². The molecule has 72 valence electrons. The molecule has 0 amide bonds. The van der Waals surface area contributed by atoms with Crippen molar-refractivity contribution in [1.29, 1.82) is 0 Å². The standard InChI is InChI=1S/C6H7BrClN3O2/c7-6-10-3(4(8)11-6)1-2(9)5(12)13/h2H,1,9H2,(H,10,11)(H,12,13). The van der Waals surface area contributed by atoms with E-state index in [1.165, 1.54) is 0 Å². The zero-order chi connectivity index (χ0) is 10.0. The van der Waals surface area contributed by atoms with Gasteiger partial charge in [0.25, 0.3) is 0 Å². The molecule has 1 aromatic rings. The molecule has 7 heteroatoms. The minimum Gasteiger partial charge on any atom is -0.480 e. The SMILES string of the molecule is NC(Cc1[nH]c(Br)nc1Cl)C(=O)O. The van der Waals surface area contributed by atoms with Gasteiger partial charge in [0.15, 0.2) is 9.89 Å². The van der Waals surface area contributed by atoms with Gasteiger partial charge in [0.1, 0.15) is 6.04 Å². The normalized spacial score (nSPS) is 12.8. The minimum atomic E-state index is -1.07. The fraction of sp³-hybridized carbons (Fsp3) is 0.333. The van der Waals surface area contributed by atoms with Crippen LogP contribution in [-0.2, 0) is 11.2 Å². The van der Waals surface area contributed by atoms with Crippen LogP contribution in [0, 0.1) is 0 Å². The van der Waals surface area contributed by atoms with E-state index in [4.69, 9.17) is 22.4 Å². The third-order valence-corrected chi connectivity index (χ3v) is 2.13. The van der Waals surface area contributed by atoms with E-state index in [-0.39, 0.29) is 11.6 Å². The van der Waals surface area contributed by atoms with Crippen LogP contribution in [0.4, 0.5) is 0 Å². The summed E-state index contributed by atoms with van der Waals surface area (Å²) in [5.74, 6) is -1.07. The van der Waals surface area contributed by atoms with Crippen LogP contribution in [0.15, 0.2) is 4.73 Å². The Hall–Kier alpha value is -0.590. The van der Waals surface area contributed by atoms with Crippen molar-refractivity contribution < 1.29 is 9.90 Å². The lowest BCUT2D eigenvalue weighted by Crippen LogP contribution is -2.32. The molecule has 1 aromatic heterocycles. The highest BCUT2D eigenvalue weighted by Crippen LogP contribution is 2.17. The maximum absolute atomic E-state index is 10.4. The second-order valence-electron chi connectivity index (χ2n) is 2.45. The molecule has 4 N–H and O–H groups in total. The highest BCUT2D eigenvalue weighted by molar-refractivity contribution is 9.10. The van der Waals surface area contributed by atoms with Gasteiger partial charge in [0.05, 0.1) is 5.69 Å². The summed E-state index contributed by atoms with van der Waals surface area (Å²) in [6.45, 7) is 0. The van der Waals surface area contributed by atoms with Crippen molar-refractivity contribution >= 4 is 33.5 Å². The second kappa shape index (κ2) is 4.08. The molecular weight excluding hydrogens is 261 g/mol. The molecule has 13 heavy (non-hydrogen) atoms. The second-order valence-corrected chi connectivity index (χ2v) is 3.55. The summed E-state index contributed by atoms with van der Waals surface area (Å²) in [7, 11) is 0. The molecule has 0 radical (unpaired) electrons. The minimum absolute atomic E-state index is 0.132. The van der Waals surface area contributed by atoms with Gasteiger partial charge in [-0.2, -0.15) is 0 Å². The third kappa shape index (κ3) is 2.68. The first-order chi connectivity index (χ1) is 6.00. The quantitative estimate of drug-likeness (QED) is 0.755. The van der Waals surface area contributed by atoms with Crippen molar-refractivity contribution in [3.8, 4) is 0 Å². The van der Waals surface area contributed by atoms with Crippen molar-refractivity contribution in [2.24, 2.45) is 5.73 Å². The predicted octanol–water partition coefficient (Wildman–Crippen LogP) is 0.780. The molecule has 1 unspecified atom stereocenters. The van der Waals surface area contributed by atoms with E-state index in [1.807, 2.05) is 0 Å². The molecule has 0 saturated heterocycles. The van der Waals surface area contributed by atoms with Crippen LogP contribution in [0.5, 0.6) is 0 Å². The van der Waals surface area contributed by atoms with E-state index in [0.29, 0.717) is 10.4 Å².